The van der Waals surface area contributed by atoms with Crippen molar-refractivity contribution in [2.45, 2.75) is 13.0 Å². The van der Waals surface area contributed by atoms with Crippen LogP contribution in [0.25, 0.3) is 0 Å². The Hall–Kier alpha value is -2.38. The van der Waals surface area contributed by atoms with Crippen molar-refractivity contribution >= 4 is 23.2 Å². The lowest BCUT2D eigenvalue weighted by Gasteiger charge is -2.12. The molecule has 2 aromatic rings. The summed E-state index contributed by atoms with van der Waals surface area (Å²) in [5.74, 6) is -0.0934. The number of hydroxylamine groups is 1. The van der Waals surface area contributed by atoms with E-state index in [-0.39, 0.29) is 11.9 Å². The Kier molecular flexibility index (Phi) is 5.13. The fourth-order valence-corrected chi connectivity index (χ4v) is 2.76. The number of hydrogen-bond acceptors (Lipinski definition) is 5. The highest BCUT2D eigenvalue weighted by Gasteiger charge is 2.15. The van der Waals surface area contributed by atoms with E-state index < -0.39 is 5.91 Å². The topological polar surface area (TPSA) is 87.7 Å². The van der Waals surface area contributed by atoms with E-state index in [1.807, 2.05) is 6.92 Å². The van der Waals surface area contributed by atoms with Crippen molar-refractivity contribution in [1.29, 1.82) is 0 Å². The van der Waals surface area contributed by atoms with Crippen LogP contribution in [0.1, 0.15) is 37.9 Å². The Morgan fingerprint density at radius 2 is 1.82 bits per heavy atom. The number of amides is 2. The first kappa shape index (κ1) is 16.0. The van der Waals surface area contributed by atoms with Crippen LogP contribution < -0.4 is 15.5 Å². The molecule has 2 amide bonds. The molecule has 0 saturated heterocycles. The zero-order chi connectivity index (χ0) is 16.1. The lowest BCUT2D eigenvalue weighted by molar-refractivity contribution is 0.0711. The quantitative estimate of drug-likeness (QED) is 0.583. The van der Waals surface area contributed by atoms with Gasteiger partial charge >= 0.3 is 0 Å². The molecule has 0 saturated carbocycles. The predicted octanol–water partition coefficient (Wildman–Crippen LogP) is 2.37. The maximum atomic E-state index is 12.2. The minimum atomic E-state index is -0.565. The van der Waals surface area contributed by atoms with Gasteiger partial charge in [-0.25, -0.2) is 5.48 Å². The van der Waals surface area contributed by atoms with E-state index in [9.17, 15) is 9.59 Å². The molecule has 6 nitrogen and oxygen atoms in total. The molecule has 116 valence electrons. The average molecular weight is 320 g/mol. The van der Waals surface area contributed by atoms with Crippen LogP contribution in [0.3, 0.4) is 0 Å². The van der Waals surface area contributed by atoms with Crippen molar-refractivity contribution in [3.8, 4) is 5.75 Å². The van der Waals surface area contributed by atoms with Crippen LogP contribution in [-0.2, 0) is 0 Å². The Balaban J connectivity index is 2.04. The minimum absolute atomic E-state index is 0.211. The number of rotatable bonds is 5. The molecule has 0 aliphatic heterocycles. The first-order chi connectivity index (χ1) is 10.5. The largest absolute Gasteiger partial charge is 0.497 e. The van der Waals surface area contributed by atoms with Gasteiger partial charge in [0.05, 0.1) is 18.0 Å². The molecule has 22 heavy (non-hydrogen) atoms. The lowest BCUT2D eigenvalue weighted by atomic mass is 10.2. The Morgan fingerprint density at radius 1 is 1.14 bits per heavy atom. The maximum absolute atomic E-state index is 12.2. The second-order valence-corrected chi connectivity index (χ2v) is 5.68. The van der Waals surface area contributed by atoms with Crippen LogP contribution in [0.15, 0.2) is 36.4 Å². The van der Waals surface area contributed by atoms with Gasteiger partial charge in [0.25, 0.3) is 11.8 Å². The van der Waals surface area contributed by atoms with E-state index in [1.54, 1.807) is 49.0 Å². The van der Waals surface area contributed by atoms with Gasteiger partial charge in [-0.15, -0.1) is 11.3 Å². The zero-order valence-electron chi connectivity index (χ0n) is 12.1. The fraction of sp³-hybridized carbons (Fsp3) is 0.200. The summed E-state index contributed by atoms with van der Waals surface area (Å²) in [7, 11) is 1.56. The lowest BCUT2D eigenvalue weighted by Crippen LogP contribution is -2.26. The van der Waals surface area contributed by atoms with E-state index in [4.69, 9.17) is 9.94 Å². The highest BCUT2D eigenvalue weighted by atomic mass is 32.1. The van der Waals surface area contributed by atoms with Gasteiger partial charge in [0, 0.05) is 10.4 Å². The van der Waals surface area contributed by atoms with E-state index >= 15 is 0 Å². The molecule has 3 N–H and O–H groups in total. The van der Waals surface area contributed by atoms with Gasteiger partial charge in [-0.1, -0.05) is 0 Å². The Labute approximate surface area is 131 Å². The van der Waals surface area contributed by atoms with Gasteiger partial charge in [0.15, 0.2) is 0 Å². The standard InChI is InChI=1S/C15H16N2O4S/c1-9(12-7-8-13(22-12)15(19)17-20)16-14(18)10-3-5-11(21-2)6-4-10/h3-9,20H,1-2H3,(H,16,18)(H,17,19)/t9-/m1/s1. The van der Waals surface area contributed by atoms with Crippen molar-refractivity contribution in [3.63, 3.8) is 0 Å². The Bertz CT molecular complexity index is 666. The van der Waals surface area contributed by atoms with Crippen molar-refractivity contribution < 1.29 is 19.5 Å². The molecule has 2 rings (SSSR count). The van der Waals surface area contributed by atoms with E-state index in [0.717, 1.165) is 4.88 Å². The number of carbonyl (C=O) groups excluding carboxylic acids is 2. The number of benzene rings is 1. The molecule has 0 aliphatic rings. The van der Waals surface area contributed by atoms with Gasteiger partial charge in [-0.3, -0.25) is 14.8 Å². The summed E-state index contributed by atoms with van der Waals surface area (Å²) in [6, 6.07) is 9.89. The summed E-state index contributed by atoms with van der Waals surface area (Å²) < 4.78 is 5.05. The smallest absolute Gasteiger partial charge is 0.284 e. The number of ether oxygens (including phenoxy) is 1. The molecule has 1 atom stereocenters. The predicted molar refractivity (Wildman–Crippen MR) is 82.4 cm³/mol. The molecular formula is C15H16N2O4S. The molecule has 0 aliphatic carbocycles. The first-order valence-electron chi connectivity index (χ1n) is 6.54. The molecular weight excluding hydrogens is 304 g/mol. The average Bonchev–Trinajstić information content (AvgIpc) is 3.04. The summed E-state index contributed by atoms with van der Waals surface area (Å²) >= 11 is 1.21. The number of nitrogens with one attached hydrogen (secondary N) is 2. The third-order valence-corrected chi connectivity index (χ3v) is 4.35. The summed E-state index contributed by atoms with van der Waals surface area (Å²) in [6.45, 7) is 1.83. The molecule has 0 radical (unpaired) electrons. The fourth-order valence-electron chi connectivity index (χ4n) is 1.86. The number of hydrogen-bond donors (Lipinski definition) is 3. The highest BCUT2D eigenvalue weighted by Crippen LogP contribution is 2.23. The molecule has 1 aromatic heterocycles. The molecule has 1 aromatic carbocycles. The second-order valence-electron chi connectivity index (χ2n) is 4.57. The zero-order valence-corrected chi connectivity index (χ0v) is 12.9. The second kappa shape index (κ2) is 7.06. The third-order valence-electron chi connectivity index (χ3n) is 3.08. The van der Waals surface area contributed by atoms with Crippen molar-refractivity contribution in [1.82, 2.24) is 10.8 Å². The Morgan fingerprint density at radius 3 is 2.41 bits per heavy atom. The van der Waals surface area contributed by atoms with Gasteiger partial charge in [-0.05, 0) is 43.3 Å². The van der Waals surface area contributed by atoms with Gasteiger partial charge in [0.1, 0.15) is 5.75 Å². The number of carbonyl (C=O) groups is 2. The van der Waals surface area contributed by atoms with Crippen molar-refractivity contribution in [3.05, 3.63) is 51.7 Å². The summed E-state index contributed by atoms with van der Waals surface area (Å²) in [4.78, 5) is 24.7. The molecule has 0 unspecified atom stereocenters. The van der Waals surface area contributed by atoms with Gasteiger partial charge < -0.3 is 10.1 Å². The summed E-state index contributed by atoms with van der Waals surface area (Å²) in [5.41, 5.74) is 2.11. The number of thiophene rings is 1. The van der Waals surface area contributed by atoms with E-state index in [2.05, 4.69) is 5.32 Å². The molecule has 0 fully saturated rings. The van der Waals surface area contributed by atoms with Crippen LogP contribution in [0.2, 0.25) is 0 Å². The van der Waals surface area contributed by atoms with E-state index in [0.29, 0.717) is 16.2 Å². The minimum Gasteiger partial charge on any atom is -0.497 e. The third kappa shape index (κ3) is 3.63. The normalized spacial score (nSPS) is 11.6. The van der Waals surface area contributed by atoms with Crippen molar-refractivity contribution in [2.75, 3.05) is 7.11 Å². The van der Waals surface area contributed by atoms with Crippen LogP contribution in [0.4, 0.5) is 0 Å². The van der Waals surface area contributed by atoms with Gasteiger partial charge in [0.2, 0.25) is 0 Å². The first-order valence-corrected chi connectivity index (χ1v) is 7.36. The van der Waals surface area contributed by atoms with Crippen LogP contribution in [0.5, 0.6) is 5.75 Å². The highest BCUT2D eigenvalue weighted by molar-refractivity contribution is 7.14. The van der Waals surface area contributed by atoms with Crippen molar-refractivity contribution in [2.24, 2.45) is 0 Å². The SMILES string of the molecule is COc1ccc(C(=O)N[C@H](C)c2ccc(C(=O)NO)s2)cc1. The summed E-state index contributed by atoms with van der Waals surface area (Å²) in [5, 5.41) is 11.5. The molecule has 0 spiro atoms. The van der Waals surface area contributed by atoms with Crippen LogP contribution >= 0.6 is 11.3 Å². The van der Waals surface area contributed by atoms with Gasteiger partial charge in [-0.2, -0.15) is 0 Å². The summed E-state index contributed by atoms with van der Waals surface area (Å²) in [6.07, 6.45) is 0. The monoisotopic (exact) mass is 320 g/mol. The molecule has 1 heterocycles. The molecule has 0 bridgehead atoms. The molecule has 7 heteroatoms. The van der Waals surface area contributed by atoms with Crippen LogP contribution in [0, 0.1) is 0 Å². The van der Waals surface area contributed by atoms with Crippen LogP contribution in [-0.4, -0.2) is 24.1 Å². The maximum Gasteiger partial charge on any atom is 0.284 e. The van der Waals surface area contributed by atoms with E-state index in [1.165, 1.54) is 11.3 Å². The number of methoxy groups -OCH3 is 1.